The number of fused-ring (bicyclic) bond motifs is 1. The van der Waals surface area contributed by atoms with E-state index in [0.717, 1.165) is 0 Å². The predicted molar refractivity (Wildman–Crippen MR) is 108 cm³/mol. The highest BCUT2D eigenvalue weighted by atomic mass is 35.5. The summed E-state index contributed by atoms with van der Waals surface area (Å²) in [5, 5.41) is 3.40. The molecule has 1 atom stereocenters. The summed E-state index contributed by atoms with van der Waals surface area (Å²) in [6.45, 7) is 1.71. The first-order chi connectivity index (χ1) is 13.9. The zero-order valence-electron chi connectivity index (χ0n) is 15.7. The summed E-state index contributed by atoms with van der Waals surface area (Å²) in [4.78, 5) is 12.8. The number of hydrogen-bond donors (Lipinski definition) is 1. The van der Waals surface area contributed by atoms with Crippen molar-refractivity contribution < 1.29 is 22.7 Å². The summed E-state index contributed by atoms with van der Waals surface area (Å²) < 4.78 is 38.2. The van der Waals surface area contributed by atoms with E-state index in [4.69, 9.17) is 21.1 Å². The Morgan fingerprint density at radius 3 is 2.59 bits per heavy atom. The average molecular weight is 432 g/mol. The van der Waals surface area contributed by atoms with Gasteiger partial charge in [-0.1, -0.05) is 41.9 Å². The molecule has 0 spiro atoms. The van der Waals surface area contributed by atoms with E-state index in [1.165, 1.54) is 13.2 Å². The Morgan fingerprint density at radius 1 is 1.17 bits per heavy atom. The molecule has 2 heterocycles. The van der Waals surface area contributed by atoms with E-state index < -0.39 is 21.7 Å². The van der Waals surface area contributed by atoms with Gasteiger partial charge in [-0.25, -0.2) is 13.2 Å². The van der Waals surface area contributed by atoms with Gasteiger partial charge in [0.05, 0.1) is 29.2 Å². The Balaban J connectivity index is 2.04. The Morgan fingerprint density at radius 2 is 1.86 bits per heavy atom. The minimum atomic E-state index is -4.00. The van der Waals surface area contributed by atoms with Crippen molar-refractivity contribution in [2.24, 2.45) is 0 Å². The highest BCUT2D eigenvalue weighted by molar-refractivity contribution is 7.95. The van der Waals surface area contributed by atoms with Crippen LogP contribution in [0.15, 0.2) is 75.3 Å². The maximum atomic E-state index is 13.7. The Hall–Kier alpha value is -2.77. The van der Waals surface area contributed by atoms with Crippen LogP contribution in [0.1, 0.15) is 18.4 Å². The van der Waals surface area contributed by atoms with Crippen molar-refractivity contribution in [3.8, 4) is 5.75 Å². The van der Waals surface area contributed by atoms with E-state index in [1.807, 2.05) is 0 Å². The summed E-state index contributed by atoms with van der Waals surface area (Å²) in [5.74, 6) is -1.29. The summed E-state index contributed by atoms with van der Waals surface area (Å²) in [6, 6.07) is 13.3. The van der Waals surface area contributed by atoms with E-state index in [-0.39, 0.29) is 27.7 Å². The monoisotopic (exact) mass is 431 g/mol. The van der Waals surface area contributed by atoms with Crippen molar-refractivity contribution in [2.75, 3.05) is 13.7 Å². The second-order valence-corrected chi connectivity index (χ2v) is 8.99. The van der Waals surface area contributed by atoms with E-state index in [9.17, 15) is 13.2 Å². The van der Waals surface area contributed by atoms with Crippen LogP contribution in [0.25, 0.3) is 0 Å². The molecule has 1 N–H and O–H groups in total. The summed E-state index contributed by atoms with van der Waals surface area (Å²) in [6.07, 6.45) is 0. The molecule has 2 aliphatic rings. The smallest absolute Gasteiger partial charge is 0.336 e. The van der Waals surface area contributed by atoms with Crippen LogP contribution in [0.3, 0.4) is 0 Å². The van der Waals surface area contributed by atoms with Gasteiger partial charge in [-0.3, -0.25) is 0 Å². The first-order valence-electron chi connectivity index (χ1n) is 8.86. The normalized spacial score (nSPS) is 20.0. The van der Waals surface area contributed by atoms with E-state index in [1.54, 1.807) is 49.4 Å². The number of nitrogens with one attached hydrogen (secondary N) is 1. The molecule has 29 heavy (non-hydrogen) atoms. The number of rotatable bonds is 2. The molecule has 1 unspecified atom stereocenters. The number of sulfone groups is 1. The predicted octanol–water partition coefficient (Wildman–Crippen LogP) is 3.55. The molecular formula is C21H18ClNO5S. The lowest BCUT2D eigenvalue weighted by Gasteiger charge is -2.31. The molecule has 4 rings (SSSR count). The molecule has 2 aliphatic heterocycles. The van der Waals surface area contributed by atoms with Gasteiger partial charge in [0.15, 0.2) is 0 Å². The molecule has 0 radical (unpaired) electrons. The summed E-state index contributed by atoms with van der Waals surface area (Å²) >= 11 is 6.44. The zero-order chi connectivity index (χ0) is 20.8. The number of benzene rings is 2. The van der Waals surface area contributed by atoms with Crippen LogP contribution >= 0.6 is 11.6 Å². The largest absolute Gasteiger partial charge is 0.486 e. The van der Waals surface area contributed by atoms with Crippen LogP contribution in [0.2, 0.25) is 5.02 Å². The second-order valence-electron chi connectivity index (χ2n) is 6.69. The van der Waals surface area contributed by atoms with Gasteiger partial charge in [0.1, 0.15) is 17.3 Å². The topological polar surface area (TPSA) is 81.7 Å². The molecule has 8 heteroatoms. The Bertz CT molecular complexity index is 1180. The second kappa shape index (κ2) is 7.24. The fraction of sp³-hybridized carbons (Fsp3) is 0.190. The number of esters is 1. The van der Waals surface area contributed by atoms with Crippen molar-refractivity contribution in [1.29, 1.82) is 0 Å². The molecular weight excluding hydrogens is 414 g/mol. The Kier molecular flexibility index (Phi) is 4.88. The molecule has 0 bridgehead atoms. The molecule has 150 valence electrons. The van der Waals surface area contributed by atoms with Crippen LogP contribution in [-0.4, -0.2) is 28.1 Å². The lowest BCUT2D eigenvalue weighted by Crippen LogP contribution is -2.33. The maximum absolute atomic E-state index is 13.7. The number of halogens is 1. The SMILES string of the molecule is COC(=O)C1=C(C)NC2=C(C1c1ccccc1Cl)S(=O)(=O)c1ccccc1OC2. The third kappa shape index (κ3) is 3.10. The molecule has 6 nitrogen and oxygen atoms in total. The molecule has 0 fully saturated rings. The Labute approximate surface area is 173 Å². The number of para-hydroxylation sites is 1. The molecule has 0 amide bonds. The third-order valence-corrected chi connectivity index (χ3v) is 7.33. The molecule has 0 saturated carbocycles. The lowest BCUT2D eigenvalue weighted by atomic mass is 9.86. The van der Waals surface area contributed by atoms with Gasteiger partial charge in [0.25, 0.3) is 0 Å². The lowest BCUT2D eigenvalue weighted by molar-refractivity contribution is -0.136. The summed E-state index contributed by atoms with van der Waals surface area (Å²) in [7, 11) is -2.74. The van der Waals surface area contributed by atoms with E-state index in [2.05, 4.69) is 5.32 Å². The van der Waals surface area contributed by atoms with Crippen molar-refractivity contribution in [2.45, 2.75) is 17.7 Å². The minimum Gasteiger partial charge on any atom is -0.486 e. The standard InChI is InChI=1S/C21H18ClNO5S/c1-12-18(21(24)27-2)19(13-7-3-4-8-14(13)22)20-15(23-12)11-28-16-9-5-6-10-17(16)29(20,25)26/h3-10,19,23H,11H2,1-2H3. The maximum Gasteiger partial charge on any atom is 0.336 e. The van der Waals surface area contributed by atoms with Crippen molar-refractivity contribution in [1.82, 2.24) is 5.32 Å². The molecule has 0 aromatic heterocycles. The van der Waals surface area contributed by atoms with Crippen LogP contribution in [-0.2, 0) is 19.4 Å². The van der Waals surface area contributed by atoms with Crippen LogP contribution < -0.4 is 10.1 Å². The van der Waals surface area contributed by atoms with Crippen molar-refractivity contribution in [3.63, 3.8) is 0 Å². The fourth-order valence-electron chi connectivity index (χ4n) is 3.75. The highest BCUT2D eigenvalue weighted by Crippen LogP contribution is 2.47. The molecule has 2 aromatic carbocycles. The third-order valence-electron chi connectivity index (χ3n) is 5.01. The zero-order valence-corrected chi connectivity index (χ0v) is 17.3. The quantitative estimate of drug-likeness (QED) is 0.732. The van der Waals surface area contributed by atoms with Gasteiger partial charge in [0, 0.05) is 10.7 Å². The number of carbonyl (C=O) groups excluding carboxylic acids is 1. The fourth-order valence-corrected chi connectivity index (χ4v) is 5.87. The van der Waals surface area contributed by atoms with Gasteiger partial charge >= 0.3 is 5.97 Å². The van der Waals surface area contributed by atoms with Gasteiger partial charge in [-0.05, 0) is 30.7 Å². The number of hydrogen-bond acceptors (Lipinski definition) is 6. The summed E-state index contributed by atoms with van der Waals surface area (Å²) in [5.41, 5.74) is 1.56. The molecule has 2 aromatic rings. The van der Waals surface area contributed by atoms with Crippen molar-refractivity contribution in [3.05, 3.63) is 81.0 Å². The molecule has 0 saturated heterocycles. The number of methoxy groups -OCH3 is 1. The minimum absolute atomic E-state index is 0.0122. The van der Waals surface area contributed by atoms with E-state index >= 15 is 0 Å². The number of dihydropyridines is 1. The van der Waals surface area contributed by atoms with Crippen LogP contribution in [0.4, 0.5) is 0 Å². The van der Waals surface area contributed by atoms with E-state index in [0.29, 0.717) is 22.0 Å². The first-order valence-corrected chi connectivity index (χ1v) is 10.7. The number of carbonyl (C=O) groups is 1. The van der Waals surface area contributed by atoms with Crippen LogP contribution in [0, 0.1) is 0 Å². The average Bonchev–Trinajstić information content (AvgIpc) is 2.81. The molecule has 0 aliphatic carbocycles. The number of ether oxygens (including phenoxy) is 2. The van der Waals surface area contributed by atoms with Crippen molar-refractivity contribution >= 4 is 27.4 Å². The van der Waals surface area contributed by atoms with Gasteiger partial charge in [0.2, 0.25) is 9.84 Å². The number of allylic oxidation sites excluding steroid dienone is 2. The van der Waals surface area contributed by atoms with Crippen LogP contribution in [0.5, 0.6) is 5.75 Å². The van der Waals surface area contributed by atoms with Gasteiger partial charge < -0.3 is 14.8 Å². The van der Waals surface area contributed by atoms with Gasteiger partial charge in [-0.2, -0.15) is 0 Å². The van der Waals surface area contributed by atoms with Gasteiger partial charge in [-0.15, -0.1) is 0 Å². The highest BCUT2D eigenvalue weighted by Gasteiger charge is 2.44. The first kappa shape index (κ1) is 19.5.